The zero-order valence-corrected chi connectivity index (χ0v) is 15.8. The average molecular weight is 326 g/mol. The Balaban J connectivity index is 3.06. The first kappa shape index (κ1) is 19.8. The number of aryl methyl sites for hydroxylation is 2. The molecular weight excluding hydrogens is 296 g/mol. The Morgan fingerprint density at radius 2 is 1.96 bits per heavy atom. The second-order valence-corrected chi connectivity index (χ2v) is 6.02. The minimum Gasteiger partial charge on any atom is -0.230 e. The molecule has 0 bridgehead atoms. The molecule has 1 aromatic rings. The zero-order valence-electron chi connectivity index (χ0n) is 15.8. The molecule has 0 spiro atoms. The molecule has 24 heavy (non-hydrogen) atoms. The number of benzene rings is 1. The molecule has 4 heteroatoms. The standard InChI is InChI=1S/C20H30N4/c1-7-16(4)19(14-22-23-24(6)21)11-10-18(8-2)20-12-9-15(3)13-17(20)5/h8-13H,7,14,21H2,1-6H3/b11-10-,18-8+,19-16+,23-22-. The molecule has 0 saturated carbocycles. The summed E-state index contributed by atoms with van der Waals surface area (Å²) in [5.74, 6) is 5.47. The van der Waals surface area contributed by atoms with Gasteiger partial charge in [-0.25, -0.2) is 11.0 Å². The van der Waals surface area contributed by atoms with Crippen LogP contribution in [0, 0.1) is 13.8 Å². The summed E-state index contributed by atoms with van der Waals surface area (Å²) in [4.78, 5) is 0. The minimum absolute atomic E-state index is 0.529. The molecule has 0 radical (unpaired) electrons. The lowest BCUT2D eigenvalue weighted by Gasteiger charge is -2.09. The van der Waals surface area contributed by atoms with E-state index in [1.807, 2.05) is 0 Å². The van der Waals surface area contributed by atoms with Crippen molar-refractivity contribution in [2.45, 2.75) is 41.0 Å². The Hall–Kier alpha value is -2.20. The van der Waals surface area contributed by atoms with Crippen LogP contribution in [0.2, 0.25) is 0 Å². The monoisotopic (exact) mass is 326 g/mol. The van der Waals surface area contributed by atoms with Crippen molar-refractivity contribution in [1.82, 2.24) is 5.12 Å². The summed E-state index contributed by atoms with van der Waals surface area (Å²) in [6.07, 6.45) is 7.43. The third kappa shape index (κ3) is 6.13. The second-order valence-electron chi connectivity index (χ2n) is 6.02. The smallest absolute Gasteiger partial charge is 0.0870 e. The van der Waals surface area contributed by atoms with Gasteiger partial charge in [0.2, 0.25) is 0 Å². The maximum Gasteiger partial charge on any atom is 0.0870 e. The van der Waals surface area contributed by atoms with Crippen LogP contribution in [0.15, 0.2) is 57.9 Å². The van der Waals surface area contributed by atoms with Crippen molar-refractivity contribution in [2.75, 3.05) is 13.6 Å². The van der Waals surface area contributed by atoms with Crippen molar-refractivity contribution in [1.29, 1.82) is 0 Å². The molecule has 0 saturated heterocycles. The van der Waals surface area contributed by atoms with Gasteiger partial charge in [0, 0.05) is 7.05 Å². The fourth-order valence-corrected chi connectivity index (χ4v) is 2.43. The number of nitrogens with zero attached hydrogens (tertiary/aromatic N) is 3. The van der Waals surface area contributed by atoms with Crippen molar-refractivity contribution in [3.63, 3.8) is 0 Å². The molecular formula is C20H30N4. The van der Waals surface area contributed by atoms with E-state index in [1.54, 1.807) is 7.05 Å². The summed E-state index contributed by atoms with van der Waals surface area (Å²) in [5, 5.41) is 9.22. The predicted molar refractivity (Wildman–Crippen MR) is 103 cm³/mol. The van der Waals surface area contributed by atoms with Crippen LogP contribution in [0.3, 0.4) is 0 Å². The molecule has 4 nitrogen and oxygen atoms in total. The maximum atomic E-state index is 5.47. The average Bonchev–Trinajstić information content (AvgIpc) is 2.54. The van der Waals surface area contributed by atoms with Gasteiger partial charge in [0.1, 0.15) is 0 Å². The van der Waals surface area contributed by atoms with Gasteiger partial charge in [-0.15, -0.1) is 0 Å². The van der Waals surface area contributed by atoms with Gasteiger partial charge in [0.15, 0.2) is 0 Å². The predicted octanol–water partition coefficient (Wildman–Crippen LogP) is 5.16. The summed E-state index contributed by atoms with van der Waals surface area (Å²) in [6.45, 7) is 11.1. The topological polar surface area (TPSA) is 54.0 Å². The van der Waals surface area contributed by atoms with E-state index in [4.69, 9.17) is 5.84 Å². The molecule has 0 amide bonds. The highest BCUT2D eigenvalue weighted by Gasteiger charge is 2.03. The molecule has 0 fully saturated rings. The molecule has 130 valence electrons. The summed E-state index contributed by atoms with van der Waals surface area (Å²) < 4.78 is 0. The molecule has 0 aliphatic carbocycles. The van der Waals surface area contributed by atoms with Crippen LogP contribution < -0.4 is 5.84 Å². The minimum atomic E-state index is 0.529. The molecule has 0 aliphatic heterocycles. The number of nitrogens with two attached hydrogens (primary N) is 1. The van der Waals surface area contributed by atoms with E-state index < -0.39 is 0 Å². The van der Waals surface area contributed by atoms with Gasteiger partial charge in [-0.3, -0.25) is 0 Å². The van der Waals surface area contributed by atoms with E-state index in [0.717, 1.165) is 6.42 Å². The fraction of sp³-hybridized carbons (Fsp3) is 0.400. The second kappa shape index (κ2) is 9.83. The first-order valence-corrected chi connectivity index (χ1v) is 8.35. The van der Waals surface area contributed by atoms with E-state index in [2.05, 4.69) is 81.4 Å². The third-order valence-electron chi connectivity index (χ3n) is 3.99. The Morgan fingerprint density at radius 3 is 2.50 bits per heavy atom. The molecule has 0 atom stereocenters. The van der Waals surface area contributed by atoms with Gasteiger partial charge in [-0.2, -0.15) is 5.11 Å². The lowest BCUT2D eigenvalue weighted by Crippen LogP contribution is -2.18. The van der Waals surface area contributed by atoms with Crippen molar-refractivity contribution < 1.29 is 0 Å². The first-order chi connectivity index (χ1) is 11.4. The SMILES string of the molecule is C\C=C(/C=C\C(C/N=N\N(C)N)=C(\C)CC)c1ccc(C)cc1C. The van der Waals surface area contributed by atoms with Crippen molar-refractivity contribution in [3.8, 4) is 0 Å². The van der Waals surface area contributed by atoms with E-state index in [9.17, 15) is 0 Å². The molecule has 0 aromatic heterocycles. The van der Waals surface area contributed by atoms with Gasteiger partial charge in [0.05, 0.1) is 6.54 Å². The van der Waals surface area contributed by atoms with Crippen LogP contribution in [0.5, 0.6) is 0 Å². The largest absolute Gasteiger partial charge is 0.230 e. The van der Waals surface area contributed by atoms with E-state index in [0.29, 0.717) is 6.54 Å². The summed E-state index contributed by atoms with van der Waals surface area (Å²) >= 11 is 0. The van der Waals surface area contributed by atoms with E-state index >= 15 is 0 Å². The quantitative estimate of drug-likeness (QED) is 0.325. The summed E-state index contributed by atoms with van der Waals surface area (Å²) in [5.41, 5.74) is 7.52. The Labute approximate surface area is 146 Å². The summed E-state index contributed by atoms with van der Waals surface area (Å²) in [7, 11) is 1.66. The van der Waals surface area contributed by atoms with Crippen molar-refractivity contribution in [2.24, 2.45) is 16.2 Å². The Kier molecular flexibility index (Phi) is 8.13. The highest BCUT2D eigenvalue weighted by molar-refractivity contribution is 5.76. The maximum absolute atomic E-state index is 5.47. The highest BCUT2D eigenvalue weighted by atomic mass is 15.7. The molecule has 2 N–H and O–H groups in total. The fourth-order valence-electron chi connectivity index (χ4n) is 2.43. The zero-order chi connectivity index (χ0) is 18.1. The van der Waals surface area contributed by atoms with Crippen LogP contribution in [-0.4, -0.2) is 18.7 Å². The van der Waals surface area contributed by atoms with Gasteiger partial charge >= 0.3 is 0 Å². The first-order valence-electron chi connectivity index (χ1n) is 8.35. The van der Waals surface area contributed by atoms with Crippen LogP contribution in [0.25, 0.3) is 5.57 Å². The van der Waals surface area contributed by atoms with Crippen LogP contribution in [0.4, 0.5) is 0 Å². The van der Waals surface area contributed by atoms with E-state index in [1.165, 1.54) is 38.5 Å². The Bertz CT molecular complexity index is 664. The normalized spacial score (nSPS) is 13.7. The van der Waals surface area contributed by atoms with Gasteiger partial charge < -0.3 is 0 Å². The number of hydrogen-bond donors (Lipinski definition) is 1. The molecule has 0 aliphatic rings. The highest BCUT2D eigenvalue weighted by Crippen LogP contribution is 2.22. The third-order valence-corrected chi connectivity index (χ3v) is 3.99. The lowest BCUT2D eigenvalue weighted by atomic mass is 9.97. The number of rotatable bonds is 7. The van der Waals surface area contributed by atoms with Gasteiger partial charge in [-0.1, -0.05) is 59.7 Å². The van der Waals surface area contributed by atoms with Gasteiger partial charge in [-0.05, 0) is 56.4 Å². The number of hydrogen-bond acceptors (Lipinski definition) is 3. The van der Waals surface area contributed by atoms with Gasteiger partial charge in [0.25, 0.3) is 0 Å². The molecule has 1 rings (SSSR count). The van der Waals surface area contributed by atoms with Crippen molar-refractivity contribution >= 4 is 5.57 Å². The van der Waals surface area contributed by atoms with Crippen LogP contribution in [0.1, 0.15) is 43.9 Å². The number of hydrazine groups is 1. The van der Waals surface area contributed by atoms with Crippen LogP contribution in [-0.2, 0) is 0 Å². The van der Waals surface area contributed by atoms with Crippen LogP contribution >= 0.6 is 0 Å². The lowest BCUT2D eigenvalue weighted by molar-refractivity contribution is 0.341. The summed E-state index contributed by atoms with van der Waals surface area (Å²) in [6, 6.07) is 6.55. The Morgan fingerprint density at radius 1 is 1.25 bits per heavy atom. The number of allylic oxidation sites excluding steroid dienone is 4. The molecule has 0 unspecified atom stereocenters. The van der Waals surface area contributed by atoms with Crippen molar-refractivity contribution in [3.05, 3.63) is 64.3 Å². The molecule has 0 heterocycles. The molecule has 1 aromatic carbocycles. The van der Waals surface area contributed by atoms with E-state index in [-0.39, 0.29) is 0 Å².